The maximum absolute atomic E-state index is 5.57. The second kappa shape index (κ2) is 6.81. The smallest absolute Gasteiger partial charge is 0.122 e. The zero-order chi connectivity index (χ0) is 14.5. The van der Waals surface area contributed by atoms with Gasteiger partial charge in [-0.05, 0) is 55.1 Å². The molecule has 1 aliphatic rings. The highest BCUT2D eigenvalue weighted by molar-refractivity contribution is 5.39. The van der Waals surface area contributed by atoms with Gasteiger partial charge < -0.3 is 14.5 Å². The molecule has 1 unspecified atom stereocenters. The van der Waals surface area contributed by atoms with E-state index in [2.05, 4.69) is 36.5 Å². The van der Waals surface area contributed by atoms with Gasteiger partial charge in [-0.1, -0.05) is 19.1 Å². The van der Waals surface area contributed by atoms with Crippen LogP contribution in [0.3, 0.4) is 0 Å². The van der Waals surface area contributed by atoms with E-state index in [4.69, 9.17) is 9.15 Å². The monoisotopic (exact) mass is 285 g/mol. The number of benzene rings is 1. The van der Waals surface area contributed by atoms with E-state index in [1.807, 2.05) is 6.07 Å². The summed E-state index contributed by atoms with van der Waals surface area (Å²) in [5, 5.41) is 3.58. The Labute approximate surface area is 126 Å². The van der Waals surface area contributed by atoms with Gasteiger partial charge in [-0.15, -0.1) is 0 Å². The van der Waals surface area contributed by atoms with Crippen molar-refractivity contribution >= 4 is 0 Å². The quantitative estimate of drug-likeness (QED) is 0.838. The maximum Gasteiger partial charge on any atom is 0.122 e. The fourth-order valence-corrected chi connectivity index (χ4v) is 2.86. The number of nitrogens with one attached hydrogen (secondary N) is 1. The number of rotatable bonds is 7. The van der Waals surface area contributed by atoms with Gasteiger partial charge >= 0.3 is 0 Å². The van der Waals surface area contributed by atoms with Crippen molar-refractivity contribution < 1.29 is 9.15 Å². The summed E-state index contributed by atoms with van der Waals surface area (Å²) in [7, 11) is 0. The predicted octanol–water partition coefficient (Wildman–Crippen LogP) is 3.89. The minimum atomic E-state index is 0.296. The highest BCUT2D eigenvalue weighted by Crippen LogP contribution is 2.27. The van der Waals surface area contributed by atoms with Crippen LogP contribution in [0, 0.1) is 0 Å². The van der Waals surface area contributed by atoms with Crippen molar-refractivity contribution in [2.75, 3.05) is 13.2 Å². The summed E-state index contributed by atoms with van der Waals surface area (Å²) in [6, 6.07) is 10.9. The molecule has 1 aromatic carbocycles. The van der Waals surface area contributed by atoms with Gasteiger partial charge in [0.2, 0.25) is 0 Å². The SMILES string of the molecule is CCCNC(CCc1ccc2c(c1)CCO2)c1ccco1. The van der Waals surface area contributed by atoms with Crippen LogP contribution in [-0.4, -0.2) is 13.2 Å². The Morgan fingerprint density at radius 3 is 3.05 bits per heavy atom. The Balaban J connectivity index is 1.63. The van der Waals surface area contributed by atoms with Crippen molar-refractivity contribution in [1.82, 2.24) is 5.32 Å². The Morgan fingerprint density at radius 2 is 2.24 bits per heavy atom. The first-order valence-electron chi connectivity index (χ1n) is 7.88. The summed E-state index contributed by atoms with van der Waals surface area (Å²) in [6.45, 7) is 4.03. The van der Waals surface area contributed by atoms with Crippen molar-refractivity contribution in [3.05, 3.63) is 53.5 Å². The summed E-state index contributed by atoms with van der Waals surface area (Å²) in [5.74, 6) is 2.10. The van der Waals surface area contributed by atoms with Crippen LogP contribution in [0.4, 0.5) is 0 Å². The second-order valence-electron chi connectivity index (χ2n) is 5.60. The molecule has 1 aliphatic heterocycles. The lowest BCUT2D eigenvalue weighted by atomic mass is 10.0. The van der Waals surface area contributed by atoms with E-state index in [0.29, 0.717) is 6.04 Å². The van der Waals surface area contributed by atoms with E-state index in [1.165, 1.54) is 11.1 Å². The molecule has 2 heterocycles. The van der Waals surface area contributed by atoms with E-state index >= 15 is 0 Å². The van der Waals surface area contributed by atoms with Crippen molar-refractivity contribution in [3.63, 3.8) is 0 Å². The predicted molar refractivity (Wildman–Crippen MR) is 83.7 cm³/mol. The normalized spacial score (nSPS) is 14.7. The molecule has 0 saturated carbocycles. The zero-order valence-corrected chi connectivity index (χ0v) is 12.6. The lowest BCUT2D eigenvalue weighted by Gasteiger charge is -2.16. The number of fused-ring (bicyclic) bond motifs is 1. The molecule has 0 aliphatic carbocycles. The molecular formula is C18H23NO2. The number of furan rings is 1. The number of ether oxygens (including phenoxy) is 1. The Hall–Kier alpha value is -1.74. The summed E-state index contributed by atoms with van der Waals surface area (Å²) in [4.78, 5) is 0. The molecule has 21 heavy (non-hydrogen) atoms. The zero-order valence-electron chi connectivity index (χ0n) is 12.6. The van der Waals surface area contributed by atoms with Gasteiger partial charge in [0, 0.05) is 6.42 Å². The highest BCUT2D eigenvalue weighted by Gasteiger charge is 2.15. The van der Waals surface area contributed by atoms with Crippen molar-refractivity contribution in [3.8, 4) is 5.75 Å². The van der Waals surface area contributed by atoms with Gasteiger partial charge in [-0.2, -0.15) is 0 Å². The van der Waals surface area contributed by atoms with E-state index in [0.717, 1.165) is 50.3 Å². The van der Waals surface area contributed by atoms with Crippen molar-refractivity contribution in [2.45, 2.75) is 38.6 Å². The molecule has 0 bridgehead atoms. The molecule has 0 fully saturated rings. The van der Waals surface area contributed by atoms with E-state index in [9.17, 15) is 0 Å². The van der Waals surface area contributed by atoms with Crippen LogP contribution < -0.4 is 10.1 Å². The summed E-state index contributed by atoms with van der Waals surface area (Å²) >= 11 is 0. The number of aryl methyl sites for hydroxylation is 1. The molecule has 1 atom stereocenters. The first kappa shape index (κ1) is 14.2. The standard InChI is InChI=1S/C18H23NO2/c1-2-10-19-16(18-4-3-11-20-18)7-5-14-6-8-17-15(13-14)9-12-21-17/h3-4,6,8,11,13,16,19H,2,5,7,9-10,12H2,1H3. The molecular weight excluding hydrogens is 262 g/mol. The molecule has 1 aromatic heterocycles. The van der Waals surface area contributed by atoms with Crippen molar-refractivity contribution in [2.24, 2.45) is 0 Å². The lowest BCUT2D eigenvalue weighted by molar-refractivity contribution is 0.356. The molecule has 3 heteroatoms. The average molecular weight is 285 g/mol. The van der Waals surface area contributed by atoms with Gasteiger partial charge in [0.1, 0.15) is 11.5 Å². The first-order valence-corrected chi connectivity index (χ1v) is 7.88. The molecule has 2 aromatic rings. The van der Waals surface area contributed by atoms with Gasteiger partial charge in [0.25, 0.3) is 0 Å². The van der Waals surface area contributed by atoms with Gasteiger partial charge in [0.05, 0.1) is 18.9 Å². The molecule has 3 nitrogen and oxygen atoms in total. The van der Waals surface area contributed by atoms with Crippen LogP contribution in [0.5, 0.6) is 5.75 Å². The maximum atomic E-state index is 5.57. The van der Waals surface area contributed by atoms with Gasteiger partial charge in [0.15, 0.2) is 0 Å². The van der Waals surface area contributed by atoms with Crippen LogP contribution >= 0.6 is 0 Å². The molecule has 0 saturated heterocycles. The first-order chi connectivity index (χ1) is 10.4. The van der Waals surface area contributed by atoms with E-state index in [1.54, 1.807) is 6.26 Å². The number of hydrogen-bond donors (Lipinski definition) is 1. The van der Waals surface area contributed by atoms with Crippen molar-refractivity contribution in [1.29, 1.82) is 0 Å². The second-order valence-corrected chi connectivity index (χ2v) is 5.60. The fraction of sp³-hybridized carbons (Fsp3) is 0.444. The topological polar surface area (TPSA) is 34.4 Å². The Kier molecular flexibility index (Phi) is 4.61. The van der Waals surface area contributed by atoms with Gasteiger partial charge in [-0.3, -0.25) is 0 Å². The Morgan fingerprint density at radius 1 is 1.29 bits per heavy atom. The molecule has 1 N–H and O–H groups in total. The average Bonchev–Trinajstić information content (AvgIpc) is 3.18. The van der Waals surface area contributed by atoms with Crippen LogP contribution in [0.15, 0.2) is 41.0 Å². The van der Waals surface area contributed by atoms with Crippen LogP contribution in [0.2, 0.25) is 0 Å². The Bertz CT molecular complexity index is 563. The summed E-state index contributed by atoms with van der Waals surface area (Å²) < 4.78 is 11.1. The summed E-state index contributed by atoms with van der Waals surface area (Å²) in [6.07, 6.45) is 6.03. The minimum absolute atomic E-state index is 0.296. The van der Waals surface area contributed by atoms with E-state index in [-0.39, 0.29) is 0 Å². The van der Waals surface area contributed by atoms with Crippen LogP contribution in [0.1, 0.15) is 42.7 Å². The third kappa shape index (κ3) is 3.48. The number of hydrogen-bond acceptors (Lipinski definition) is 3. The third-order valence-corrected chi connectivity index (χ3v) is 4.00. The summed E-state index contributed by atoms with van der Waals surface area (Å²) in [5.41, 5.74) is 2.73. The van der Waals surface area contributed by atoms with E-state index < -0.39 is 0 Å². The molecule has 0 radical (unpaired) electrons. The van der Waals surface area contributed by atoms with Crippen LogP contribution in [0.25, 0.3) is 0 Å². The molecule has 0 amide bonds. The van der Waals surface area contributed by atoms with Crippen LogP contribution in [-0.2, 0) is 12.8 Å². The molecule has 3 rings (SSSR count). The largest absolute Gasteiger partial charge is 0.493 e. The highest BCUT2D eigenvalue weighted by atomic mass is 16.5. The fourth-order valence-electron chi connectivity index (χ4n) is 2.86. The lowest BCUT2D eigenvalue weighted by Crippen LogP contribution is -2.22. The molecule has 0 spiro atoms. The molecule has 112 valence electrons. The van der Waals surface area contributed by atoms with Gasteiger partial charge in [-0.25, -0.2) is 0 Å². The minimum Gasteiger partial charge on any atom is -0.493 e. The third-order valence-electron chi connectivity index (χ3n) is 4.00.